The van der Waals surface area contributed by atoms with Crippen LogP contribution in [-0.2, 0) is 0 Å². The fourth-order valence-electron chi connectivity index (χ4n) is 2.15. The van der Waals surface area contributed by atoms with Gasteiger partial charge in [-0.15, -0.1) is 0 Å². The second-order valence-corrected chi connectivity index (χ2v) is 5.63. The maximum Gasteiger partial charge on any atom is 0.427 e. The van der Waals surface area contributed by atoms with E-state index in [1.165, 1.54) is 41.4 Å². The number of aromatic nitrogens is 2. The van der Waals surface area contributed by atoms with Gasteiger partial charge in [-0.05, 0) is 22.1 Å². The van der Waals surface area contributed by atoms with Gasteiger partial charge in [0, 0.05) is 40.4 Å². The number of hydrogen-bond donors (Lipinski definition) is 2. The molecule has 0 atom stereocenters. The third kappa shape index (κ3) is 4.25. The van der Waals surface area contributed by atoms with Gasteiger partial charge in [-0.3, -0.25) is 19.4 Å². The number of hydrazone groups is 1. The van der Waals surface area contributed by atoms with E-state index >= 15 is 0 Å². The fourth-order valence-corrected chi connectivity index (χ4v) is 2.31. The maximum absolute atomic E-state index is 12.2. The van der Waals surface area contributed by atoms with Crippen molar-refractivity contribution in [3.8, 4) is 5.69 Å². The highest BCUT2D eigenvalue weighted by Gasteiger charge is 2.14. The molecule has 0 saturated heterocycles. The Morgan fingerprint density at radius 2 is 2.15 bits per heavy atom. The number of aromatic amines is 1. The Labute approximate surface area is 155 Å². The molecule has 27 heavy (non-hydrogen) atoms. The molecule has 0 radical (unpaired) electrons. The Bertz CT molecular complexity index is 1100. The fraction of sp³-hybridized carbons (Fsp3) is 0. The molecule has 0 fully saturated rings. The van der Waals surface area contributed by atoms with E-state index in [9.17, 15) is 19.7 Å². The van der Waals surface area contributed by atoms with Crippen molar-refractivity contribution in [2.75, 3.05) is 0 Å². The van der Waals surface area contributed by atoms with Crippen molar-refractivity contribution < 1.29 is 18.9 Å². The molecule has 3 rings (SSSR count). The summed E-state index contributed by atoms with van der Waals surface area (Å²) in [6, 6.07) is 10.2. The lowest BCUT2D eigenvalue weighted by Gasteiger charge is -2.01. The molecule has 1 heterocycles. The number of benzene rings is 2. The average Bonchev–Trinajstić information content (AvgIpc) is 3.09. The minimum Gasteiger partial charge on any atom is -0.283 e. The van der Waals surface area contributed by atoms with Crippen LogP contribution < -0.4 is 15.7 Å². The smallest absolute Gasteiger partial charge is 0.283 e. The highest BCUT2D eigenvalue weighted by molar-refractivity contribution is 6.33. The molecule has 0 saturated carbocycles. The van der Waals surface area contributed by atoms with Gasteiger partial charge >= 0.3 is 5.63 Å². The number of H-pyrrole nitrogens is 1. The van der Waals surface area contributed by atoms with Gasteiger partial charge in [0.15, 0.2) is 0 Å². The first kappa shape index (κ1) is 18.0. The van der Waals surface area contributed by atoms with Crippen molar-refractivity contribution in [3.05, 3.63) is 85.3 Å². The predicted octanol–water partition coefficient (Wildman–Crippen LogP) is 1.57. The Morgan fingerprint density at radius 3 is 2.85 bits per heavy atom. The number of nitro benzene ring substituents is 1. The zero-order chi connectivity index (χ0) is 19.4. The second kappa shape index (κ2) is 7.62. The SMILES string of the molecule is O=C(N/N=C/c1cc([N+](=O)[O-])ccc1Cl)c1cccc(-[n+]2cc(=O)o[nH]2)c1. The van der Waals surface area contributed by atoms with Crippen LogP contribution in [0.5, 0.6) is 0 Å². The summed E-state index contributed by atoms with van der Waals surface area (Å²) < 4.78 is 5.88. The number of nitro groups is 1. The Hall–Kier alpha value is -3.79. The van der Waals surface area contributed by atoms with Crippen LogP contribution in [0.25, 0.3) is 5.69 Å². The molecule has 3 aromatic rings. The van der Waals surface area contributed by atoms with E-state index in [4.69, 9.17) is 11.6 Å². The Morgan fingerprint density at radius 1 is 1.33 bits per heavy atom. The first-order valence-electron chi connectivity index (χ1n) is 7.42. The first-order valence-corrected chi connectivity index (χ1v) is 7.80. The number of hydrogen-bond acceptors (Lipinski definition) is 6. The highest BCUT2D eigenvalue weighted by atomic mass is 35.5. The minimum absolute atomic E-state index is 0.147. The molecule has 0 bridgehead atoms. The first-order chi connectivity index (χ1) is 12.9. The number of carbonyl (C=O) groups is 1. The monoisotopic (exact) mass is 388 g/mol. The van der Waals surface area contributed by atoms with Gasteiger partial charge < -0.3 is 0 Å². The molecule has 2 N–H and O–H groups in total. The number of nitrogens with one attached hydrogen (secondary N) is 2. The van der Waals surface area contributed by atoms with Crippen LogP contribution in [0.2, 0.25) is 5.02 Å². The summed E-state index contributed by atoms with van der Waals surface area (Å²) in [5.41, 5.74) is 2.64. The third-order valence-electron chi connectivity index (χ3n) is 3.43. The summed E-state index contributed by atoms with van der Waals surface area (Å²) in [5.74, 6) is -0.527. The van der Waals surface area contributed by atoms with Gasteiger partial charge in [0.25, 0.3) is 17.8 Å². The quantitative estimate of drug-likeness (QED) is 0.296. The number of amides is 1. The number of carbonyl (C=O) groups excluding carboxylic acids is 1. The van der Waals surface area contributed by atoms with Gasteiger partial charge in [-0.2, -0.15) is 5.10 Å². The van der Waals surface area contributed by atoms with E-state index in [0.29, 0.717) is 5.69 Å². The lowest BCUT2D eigenvalue weighted by atomic mass is 10.2. The van der Waals surface area contributed by atoms with E-state index in [1.807, 2.05) is 0 Å². The number of rotatable bonds is 5. The van der Waals surface area contributed by atoms with Crippen LogP contribution in [0.1, 0.15) is 15.9 Å². The van der Waals surface area contributed by atoms with Gasteiger partial charge in [-0.1, -0.05) is 17.7 Å². The molecule has 0 spiro atoms. The summed E-state index contributed by atoms with van der Waals surface area (Å²) in [7, 11) is 0. The van der Waals surface area contributed by atoms with Crippen molar-refractivity contribution in [2.45, 2.75) is 0 Å². The maximum atomic E-state index is 12.2. The molecule has 0 aliphatic carbocycles. The van der Waals surface area contributed by atoms with Crippen molar-refractivity contribution in [3.63, 3.8) is 0 Å². The van der Waals surface area contributed by atoms with Crippen LogP contribution in [-0.4, -0.2) is 22.3 Å². The largest absolute Gasteiger partial charge is 0.427 e. The van der Waals surface area contributed by atoms with Crippen LogP contribution in [0.4, 0.5) is 5.69 Å². The van der Waals surface area contributed by atoms with Crippen LogP contribution in [0.3, 0.4) is 0 Å². The van der Waals surface area contributed by atoms with Crippen molar-refractivity contribution in [2.24, 2.45) is 5.10 Å². The molecule has 0 unspecified atom stereocenters. The van der Waals surface area contributed by atoms with E-state index in [2.05, 4.69) is 20.3 Å². The van der Waals surface area contributed by atoms with Crippen LogP contribution in [0.15, 0.2) is 63.1 Å². The molecular weight excluding hydrogens is 378 g/mol. The molecule has 10 nitrogen and oxygen atoms in total. The van der Waals surface area contributed by atoms with E-state index in [-0.39, 0.29) is 21.8 Å². The summed E-state index contributed by atoms with van der Waals surface area (Å²) in [4.78, 5) is 33.5. The molecule has 0 aliphatic heterocycles. The lowest BCUT2D eigenvalue weighted by Crippen LogP contribution is -2.32. The van der Waals surface area contributed by atoms with Crippen LogP contribution in [0, 0.1) is 10.1 Å². The van der Waals surface area contributed by atoms with Crippen molar-refractivity contribution in [1.29, 1.82) is 0 Å². The topological polar surface area (TPSA) is 134 Å². The van der Waals surface area contributed by atoms with E-state index in [0.717, 1.165) is 0 Å². The lowest BCUT2D eigenvalue weighted by molar-refractivity contribution is -0.670. The predicted molar refractivity (Wildman–Crippen MR) is 94.0 cm³/mol. The second-order valence-electron chi connectivity index (χ2n) is 5.22. The van der Waals surface area contributed by atoms with E-state index < -0.39 is 16.5 Å². The summed E-state index contributed by atoms with van der Waals surface area (Å²) in [6.07, 6.45) is 2.39. The highest BCUT2D eigenvalue weighted by Crippen LogP contribution is 2.20. The zero-order valence-corrected chi connectivity index (χ0v) is 14.2. The van der Waals surface area contributed by atoms with Crippen molar-refractivity contribution >= 4 is 29.4 Å². The summed E-state index contributed by atoms with van der Waals surface area (Å²) in [5, 5.41) is 17.2. The Kier molecular flexibility index (Phi) is 5.08. The summed E-state index contributed by atoms with van der Waals surface area (Å²) in [6.45, 7) is 0. The van der Waals surface area contributed by atoms with Crippen molar-refractivity contribution in [1.82, 2.24) is 10.7 Å². The molecule has 136 valence electrons. The number of halogens is 1. The van der Waals surface area contributed by atoms with Crippen LogP contribution >= 0.6 is 11.6 Å². The number of non-ortho nitro benzene ring substituents is 1. The molecular formula is C16H11ClN5O5+. The minimum atomic E-state index is -0.566. The molecule has 0 aliphatic rings. The zero-order valence-electron chi connectivity index (χ0n) is 13.5. The molecule has 2 aromatic carbocycles. The van der Waals surface area contributed by atoms with Gasteiger partial charge in [-0.25, -0.2) is 10.2 Å². The molecule has 1 aromatic heterocycles. The van der Waals surface area contributed by atoms with Gasteiger partial charge in [0.05, 0.1) is 11.1 Å². The molecule has 1 amide bonds. The van der Waals surface area contributed by atoms with Gasteiger partial charge in [0.2, 0.25) is 5.69 Å². The third-order valence-corrected chi connectivity index (χ3v) is 3.77. The standard InChI is InChI=1S/C16H10ClN5O5/c17-14-5-4-13(22(25)26)7-11(14)8-18-19-16(24)10-2-1-3-12(6-10)21-9-15(23)27-20-21/h1-9H,(H-,19,20,23,24)/p+1/b18-8+. The summed E-state index contributed by atoms with van der Waals surface area (Å²) >= 11 is 5.96. The molecule has 11 heteroatoms. The average molecular weight is 389 g/mol. The van der Waals surface area contributed by atoms with E-state index in [1.54, 1.807) is 18.2 Å². The normalized spacial score (nSPS) is 10.9. The number of nitrogens with zero attached hydrogens (tertiary/aromatic N) is 3. The Balaban J connectivity index is 1.75. The van der Waals surface area contributed by atoms with Gasteiger partial charge in [0.1, 0.15) is 0 Å².